The molecule has 5 N–H and O–H groups in total. The first-order chi connectivity index (χ1) is 18.7. The second kappa shape index (κ2) is 10.7. The van der Waals surface area contributed by atoms with E-state index in [0.717, 1.165) is 21.6 Å². The number of carbonyl (C=O) groups is 2. The normalized spacial score (nSPS) is 11.5. The van der Waals surface area contributed by atoms with Crippen molar-refractivity contribution in [3.63, 3.8) is 0 Å². The average Bonchev–Trinajstić information content (AvgIpc) is 3.53. The van der Waals surface area contributed by atoms with Gasteiger partial charge in [-0.3, -0.25) is 14.9 Å². The van der Waals surface area contributed by atoms with Crippen LogP contribution in [0.1, 0.15) is 33.9 Å². The first-order valence-electron chi connectivity index (χ1n) is 12.3. The van der Waals surface area contributed by atoms with Crippen LogP contribution in [0.2, 0.25) is 0 Å². The Morgan fingerprint density at radius 3 is 2.56 bits per heavy atom. The predicted molar refractivity (Wildman–Crippen MR) is 155 cm³/mol. The largest absolute Gasteiger partial charge is 0.389 e. The molecule has 9 nitrogen and oxygen atoms in total. The Bertz CT molecular complexity index is 1640. The molecule has 5 aromatic rings. The number of imidazole rings is 1. The van der Waals surface area contributed by atoms with Gasteiger partial charge in [-0.15, -0.1) is 11.3 Å². The molecule has 0 aliphatic carbocycles. The Morgan fingerprint density at radius 1 is 1.05 bits per heavy atom. The molecule has 198 valence electrons. The molecular weight excluding hydrogens is 512 g/mol. The minimum absolute atomic E-state index is 0.0266. The quantitative estimate of drug-likeness (QED) is 0.192. The highest BCUT2D eigenvalue weighted by Gasteiger charge is 2.22. The third kappa shape index (κ3) is 6.14. The van der Waals surface area contributed by atoms with Gasteiger partial charge in [-0.2, -0.15) is 0 Å². The fourth-order valence-corrected chi connectivity index (χ4v) is 5.01. The SMILES string of the molecule is CC(C)(O)Cn1c(NC(=O)c2ccc(-c3ccc(N)nc3)s2)nc2cc(NCC(=O)c3ccccc3)ccc21. The van der Waals surface area contributed by atoms with Gasteiger partial charge < -0.3 is 20.7 Å². The lowest BCUT2D eigenvalue weighted by atomic mass is 10.1. The number of ketones is 1. The van der Waals surface area contributed by atoms with Gasteiger partial charge in [-0.25, -0.2) is 9.97 Å². The minimum atomic E-state index is -1.05. The Morgan fingerprint density at radius 2 is 1.85 bits per heavy atom. The van der Waals surface area contributed by atoms with Gasteiger partial charge in [0.2, 0.25) is 5.95 Å². The maximum absolute atomic E-state index is 13.2. The van der Waals surface area contributed by atoms with E-state index < -0.39 is 5.60 Å². The van der Waals surface area contributed by atoms with Crippen LogP contribution in [-0.4, -0.2) is 43.5 Å². The highest BCUT2D eigenvalue weighted by molar-refractivity contribution is 7.17. The van der Waals surface area contributed by atoms with Crippen LogP contribution in [0.3, 0.4) is 0 Å². The maximum atomic E-state index is 13.2. The van der Waals surface area contributed by atoms with Crippen molar-refractivity contribution >= 4 is 51.5 Å². The summed E-state index contributed by atoms with van der Waals surface area (Å²) in [4.78, 5) is 35.8. The minimum Gasteiger partial charge on any atom is -0.389 e. The van der Waals surface area contributed by atoms with E-state index in [1.807, 2.05) is 48.5 Å². The number of pyridine rings is 1. The number of fused-ring (bicyclic) bond motifs is 1. The predicted octanol–water partition coefficient (Wildman–Crippen LogP) is 5.06. The summed E-state index contributed by atoms with van der Waals surface area (Å²) < 4.78 is 1.78. The van der Waals surface area contributed by atoms with Crippen LogP contribution in [0.5, 0.6) is 0 Å². The van der Waals surface area contributed by atoms with Gasteiger partial charge in [0.15, 0.2) is 5.78 Å². The smallest absolute Gasteiger partial charge is 0.268 e. The van der Waals surface area contributed by atoms with E-state index in [1.165, 1.54) is 11.3 Å². The van der Waals surface area contributed by atoms with Crippen molar-refractivity contribution in [3.05, 3.63) is 89.4 Å². The summed E-state index contributed by atoms with van der Waals surface area (Å²) in [6.07, 6.45) is 1.67. The van der Waals surface area contributed by atoms with Crippen LogP contribution in [0.4, 0.5) is 17.5 Å². The summed E-state index contributed by atoms with van der Waals surface area (Å²) in [6.45, 7) is 3.74. The van der Waals surface area contributed by atoms with Gasteiger partial charge in [-0.1, -0.05) is 30.3 Å². The van der Waals surface area contributed by atoms with Crippen LogP contribution < -0.4 is 16.4 Å². The molecule has 0 fully saturated rings. The monoisotopic (exact) mass is 540 g/mol. The van der Waals surface area contributed by atoms with Crippen molar-refractivity contribution in [1.82, 2.24) is 14.5 Å². The lowest BCUT2D eigenvalue weighted by Crippen LogP contribution is -2.27. The molecule has 5 rings (SSSR count). The highest BCUT2D eigenvalue weighted by atomic mass is 32.1. The fourth-order valence-electron chi connectivity index (χ4n) is 4.12. The average molecular weight is 541 g/mol. The van der Waals surface area contributed by atoms with Crippen molar-refractivity contribution in [2.75, 3.05) is 22.9 Å². The third-order valence-corrected chi connectivity index (χ3v) is 7.10. The number of anilines is 3. The summed E-state index contributed by atoms with van der Waals surface area (Å²) in [5.74, 6) is 0.411. The molecule has 2 aromatic carbocycles. The number of benzene rings is 2. The number of nitrogens with zero attached hydrogens (tertiary/aromatic N) is 3. The second-order valence-electron chi connectivity index (χ2n) is 9.77. The number of rotatable bonds is 9. The number of nitrogens with one attached hydrogen (secondary N) is 2. The first kappa shape index (κ1) is 26.1. The van der Waals surface area contributed by atoms with Crippen LogP contribution in [0, 0.1) is 0 Å². The molecular formula is C29H28N6O3S. The number of hydrogen-bond acceptors (Lipinski definition) is 8. The Balaban J connectivity index is 1.38. The molecule has 39 heavy (non-hydrogen) atoms. The standard InChI is InChI=1S/C29H28N6O3S/c1-29(2,38)17-35-22-10-9-20(31-16-23(36)18-6-4-3-5-7-18)14-21(22)33-28(35)34-27(37)25-12-11-24(39-25)19-8-13-26(30)32-15-19/h3-15,31,38H,16-17H2,1-2H3,(H2,30,32)(H,33,34,37). The van der Waals surface area contributed by atoms with E-state index in [9.17, 15) is 14.7 Å². The first-order valence-corrected chi connectivity index (χ1v) is 13.2. The van der Waals surface area contributed by atoms with E-state index in [0.29, 0.717) is 27.7 Å². The van der Waals surface area contributed by atoms with Gasteiger partial charge in [-0.05, 0) is 56.3 Å². The van der Waals surface area contributed by atoms with Crippen molar-refractivity contribution < 1.29 is 14.7 Å². The molecule has 0 saturated heterocycles. The second-order valence-corrected chi connectivity index (χ2v) is 10.9. The van der Waals surface area contributed by atoms with Gasteiger partial charge in [0, 0.05) is 27.9 Å². The lowest BCUT2D eigenvalue weighted by molar-refractivity contribution is 0.0630. The number of nitrogen functional groups attached to an aromatic ring is 1. The number of amides is 1. The van der Waals surface area contributed by atoms with Crippen LogP contribution in [-0.2, 0) is 6.54 Å². The van der Waals surface area contributed by atoms with Gasteiger partial charge in [0.25, 0.3) is 5.91 Å². The molecule has 3 heterocycles. The number of hydrogen-bond donors (Lipinski definition) is 4. The van der Waals surface area contributed by atoms with Crippen LogP contribution in [0.25, 0.3) is 21.5 Å². The molecule has 0 bridgehead atoms. The Labute approximate surface area is 229 Å². The summed E-state index contributed by atoms with van der Waals surface area (Å²) in [5.41, 5.74) is 8.21. The number of aromatic nitrogens is 3. The van der Waals surface area contributed by atoms with Crippen LogP contribution >= 0.6 is 11.3 Å². The van der Waals surface area contributed by atoms with E-state index in [-0.39, 0.29) is 24.8 Å². The maximum Gasteiger partial charge on any atom is 0.268 e. The number of carbonyl (C=O) groups excluding carboxylic acids is 2. The number of Topliss-reactive ketones (excluding diaryl/α,β-unsaturated/α-hetero) is 1. The molecule has 10 heteroatoms. The number of thiophene rings is 1. The van der Waals surface area contributed by atoms with E-state index >= 15 is 0 Å². The third-order valence-electron chi connectivity index (χ3n) is 5.97. The molecule has 0 atom stereocenters. The van der Waals surface area contributed by atoms with Gasteiger partial charge in [0.1, 0.15) is 5.82 Å². The van der Waals surface area contributed by atoms with Gasteiger partial charge >= 0.3 is 0 Å². The molecule has 1 amide bonds. The summed E-state index contributed by atoms with van der Waals surface area (Å²) in [6, 6.07) is 21.8. The molecule has 0 unspecified atom stereocenters. The van der Waals surface area contributed by atoms with E-state index in [1.54, 1.807) is 48.9 Å². The summed E-state index contributed by atoms with van der Waals surface area (Å²) in [5, 5.41) is 16.6. The summed E-state index contributed by atoms with van der Waals surface area (Å²) in [7, 11) is 0. The lowest BCUT2D eigenvalue weighted by Gasteiger charge is -2.20. The molecule has 0 spiro atoms. The van der Waals surface area contributed by atoms with Crippen LogP contribution in [0.15, 0.2) is 79.0 Å². The highest BCUT2D eigenvalue weighted by Crippen LogP contribution is 2.30. The van der Waals surface area contributed by atoms with Gasteiger partial charge in [0.05, 0.1) is 34.6 Å². The van der Waals surface area contributed by atoms with Crippen molar-refractivity contribution in [3.8, 4) is 10.4 Å². The Kier molecular flexibility index (Phi) is 7.14. The van der Waals surface area contributed by atoms with Crippen molar-refractivity contribution in [2.45, 2.75) is 26.0 Å². The Hall–Kier alpha value is -4.54. The number of aliphatic hydroxyl groups is 1. The molecule has 0 aliphatic rings. The van der Waals surface area contributed by atoms with E-state index in [4.69, 9.17) is 5.73 Å². The fraction of sp³-hybridized carbons (Fsp3) is 0.172. The summed E-state index contributed by atoms with van der Waals surface area (Å²) >= 11 is 1.33. The van der Waals surface area contributed by atoms with E-state index in [2.05, 4.69) is 20.6 Å². The molecule has 0 saturated carbocycles. The number of nitrogens with two attached hydrogens (primary N) is 1. The van der Waals surface area contributed by atoms with Crippen molar-refractivity contribution in [2.24, 2.45) is 0 Å². The zero-order valence-electron chi connectivity index (χ0n) is 21.5. The topological polar surface area (TPSA) is 135 Å². The van der Waals surface area contributed by atoms with Crippen molar-refractivity contribution in [1.29, 1.82) is 0 Å². The molecule has 0 radical (unpaired) electrons. The zero-order chi connectivity index (χ0) is 27.6. The zero-order valence-corrected chi connectivity index (χ0v) is 22.3. The molecule has 0 aliphatic heterocycles. The molecule has 3 aromatic heterocycles.